The predicted molar refractivity (Wildman–Crippen MR) is 202 cm³/mol. The highest BCUT2D eigenvalue weighted by molar-refractivity contribution is 7.99. The second-order valence-electron chi connectivity index (χ2n) is 12.2. The van der Waals surface area contributed by atoms with Gasteiger partial charge in [-0.15, -0.1) is 0 Å². The third kappa shape index (κ3) is 4.60. The van der Waals surface area contributed by atoms with E-state index in [0.717, 1.165) is 82.8 Å². The molecule has 49 heavy (non-hydrogen) atoms. The van der Waals surface area contributed by atoms with Crippen LogP contribution in [0.1, 0.15) is 0 Å². The Labute approximate surface area is 285 Å². The van der Waals surface area contributed by atoms with Crippen molar-refractivity contribution in [2.24, 2.45) is 0 Å². The van der Waals surface area contributed by atoms with Gasteiger partial charge in [0, 0.05) is 78.0 Å². The van der Waals surface area contributed by atoms with Crippen LogP contribution in [-0.2, 0) is 0 Å². The number of benzene rings is 6. The number of nitrogens with zero attached hydrogens (tertiary/aromatic N) is 1. The zero-order valence-corrected chi connectivity index (χ0v) is 27.0. The molecule has 0 bridgehead atoms. The van der Waals surface area contributed by atoms with Crippen LogP contribution >= 0.6 is 11.8 Å². The number of H-pyrrole nitrogens is 3. The van der Waals surface area contributed by atoms with E-state index >= 15 is 0 Å². The molecule has 0 amide bonds. The number of aromatic amines is 3. The van der Waals surface area contributed by atoms with E-state index in [4.69, 9.17) is 9.40 Å². The highest BCUT2D eigenvalue weighted by atomic mass is 32.2. The maximum Gasteiger partial charge on any atom is 0.138 e. The van der Waals surface area contributed by atoms with Gasteiger partial charge in [-0.25, -0.2) is 4.98 Å². The first-order valence-corrected chi connectivity index (χ1v) is 17.1. The number of hydrogen-bond donors (Lipinski definition) is 3. The summed E-state index contributed by atoms with van der Waals surface area (Å²) in [5, 5.41) is 6.89. The number of fused-ring (bicyclic) bond motifs is 4. The number of furan rings is 1. The molecular weight excluding hydrogens is 621 g/mol. The molecule has 0 saturated heterocycles. The summed E-state index contributed by atoms with van der Waals surface area (Å²) in [7, 11) is 0. The fourth-order valence-corrected chi connectivity index (χ4v) is 8.27. The molecule has 3 N–H and O–H groups in total. The third-order valence-electron chi connectivity index (χ3n) is 9.34. The average Bonchev–Trinajstić information content (AvgIpc) is 3.97. The van der Waals surface area contributed by atoms with Crippen LogP contribution in [0, 0.1) is 0 Å². The quantitative estimate of drug-likeness (QED) is 0.168. The molecule has 0 atom stereocenters. The van der Waals surface area contributed by atoms with Crippen molar-refractivity contribution in [1.82, 2.24) is 19.9 Å². The van der Waals surface area contributed by atoms with Crippen LogP contribution in [-0.4, -0.2) is 19.9 Å². The molecule has 0 radical (unpaired) electrons. The van der Waals surface area contributed by atoms with Gasteiger partial charge in [0.1, 0.15) is 17.2 Å². The van der Waals surface area contributed by atoms with E-state index in [1.165, 1.54) is 15.7 Å². The van der Waals surface area contributed by atoms with Gasteiger partial charge < -0.3 is 19.4 Å². The summed E-state index contributed by atoms with van der Waals surface area (Å²) in [6.07, 6.45) is 5.80. The monoisotopic (exact) mass is 648 g/mol. The minimum Gasteiger partial charge on any atom is -0.456 e. The van der Waals surface area contributed by atoms with Crippen molar-refractivity contribution < 1.29 is 4.42 Å². The second-order valence-corrected chi connectivity index (χ2v) is 13.3. The fourth-order valence-electron chi connectivity index (χ4n) is 7.11. The van der Waals surface area contributed by atoms with E-state index < -0.39 is 0 Å². The van der Waals surface area contributed by atoms with Gasteiger partial charge >= 0.3 is 0 Å². The van der Waals surface area contributed by atoms with Crippen molar-refractivity contribution in [2.45, 2.75) is 9.79 Å². The molecular formula is C43H28N4OS. The molecule has 10 rings (SSSR count). The summed E-state index contributed by atoms with van der Waals surface area (Å²) in [6, 6.07) is 47.0. The highest BCUT2D eigenvalue weighted by Crippen LogP contribution is 2.52. The zero-order valence-electron chi connectivity index (χ0n) is 26.2. The molecule has 5 nitrogen and oxygen atoms in total. The molecule has 4 heterocycles. The molecule has 0 saturated carbocycles. The maximum absolute atomic E-state index is 6.79. The molecule has 6 heteroatoms. The lowest BCUT2D eigenvalue weighted by Gasteiger charge is -2.21. The molecule has 0 aliphatic carbocycles. The highest BCUT2D eigenvalue weighted by Gasteiger charge is 2.29. The Morgan fingerprint density at radius 3 is 2.16 bits per heavy atom. The molecule has 0 spiro atoms. The Kier molecular flexibility index (Phi) is 6.35. The number of aromatic nitrogens is 4. The van der Waals surface area contributed by atoms with E-state index in [-0.39, 0.29) is 0 Å². The number of nitrogens with one attached hydrogen (secondary N) is 3. The van der Waals surface area contributed by atoms with Crippen molar-refractivity contribution in [3.05, 3.63) is 152 Å². The van der Waals surface area contributed by atoms with Gasteiger partial charge in [-0.3, -0.25) is 0 Å². The van der Waals surface area contributed by atoms with Crippen LogP contribution in [0.5, 0.6) is 0 Å². The van der Waals surface area contributed by atoms with Crippen molar-refractivity contribution in [2.75, 3.05) is 0 Å². The molecule has 0 aliphatic rings. The molecule has 0 aliphatic heterocycles. The van der Waals surface area contributed by atoms with Gasteiger partial charge in [-0.05, 0) is 52.6 Å². The summed E-state index contributed by atoms with van der Waals surface area (Å²) in [4.78, 5) is 18.0. The lowest BCUT2D eigenvalue weighted by Crippen LogP contribution is -1.98. The van der Waals surface area contributed by atoms with Crippen molar-refractivity contribution >= 4 is 55.2 Å². The molecule has 6 aromatic carbocycles. The van der Waals surface area contributed by atoms with Crippen LogP contribution < -0.4 is 0 Å². The number of para-hydroxylation sites is 2. The van der Waals surface area contributed by atoms with Gasteiger partial charge in [0.2, 0.25) is 0 Å². The molecule has 232 valence electrons. The summed E-state index contributed by atoms with van der Waals surface area (Å²) < 4.78 is 6.79. The van der Waals surface area contributed by atoms with Gasteiger partial charge in [-0.1, -0.05) is 109 Å². The van der Waals surface area contributed by atoms with Crippen LogP contribution in [0.3, 0.4) is 0 Å². The summed E-state index contributed by atoms with van der Waals surface area (Å²) >= 11 is 1.76. The van der Waals surface area contributed by atoms with Gasteiger partial charge in [0.05, 0.1) is 5.69 Å². The standard InChI is InChI=1S/C43H28N4OS/c1-5-15-30-26(10-1)14-9-19-37(30)49-38-24-32(43-44-20-21-45-43)39(34-22-27-11-3-7-17-33(27)47-34)41(42-31-16-6-2-13-29(31)25-46-42)40(38)36-23-28-12-4-8-18-35(28)48-36/h1-25,46-47H,(H,44,45). The summed E-state index contributed by atoms with van der Waals surface area (Å²) in [5.41, 5.74) is 8.04. The van der Waals surface area contributed by atoms with E-state index in [9.17, 15) is 0 Å². The Hall–Kier alpha value is -6.24. The maximum atomic E-state index is 6.79. The fraction of sp³-hybridized carbons (Fsp3) is 0. The number of imidazole rings is 1. The topological polar surface area (TPSA) is 73.4 Å². The molecule has 0 fully saturated rings. The average molecular weight is 649 g/mol. The Balaban J connectivity index is 1.38. The SMILES string of the molecule is c1ccc2[nH]c(-c3c(-c4ncc[nH]4)cc(Sc4cccc5ccccc45)c(-c4cc5ccccc5o4)c3-c3[nH]cc4ccccc34)cc2c1. The Bertz CT molecular complexity index is 2750. The van der Waals surface area contributed by atoms with Gasteiger partial charge in [-0.2, -0.15) is 0 Å². The van der Waals surface area contributed by atoms with E-state index in [1.54, 1.807) is 11.8 Å². The van der Waals surface area contributed by atoms with Crippen molar-refractivity contribution in [1.29, 1.82) is 0 Å². The largest absolute Gasteiger partial charge is 0.456 e. The van der Waals surface area contributed by atoms with Gasteiger partial charge in [0.15, 0.2) is 0 Å². The van der Waals surface area contributed by atoms with Crippen molar-refractivity contribution in [3.63, 3.8) is 0 Å². The first-order chi connectivity index (χ1) is 24.3. The molecule has 4 aromatic heterocycles. The number of rotatable bonds is 6. The normalized spacial score (nSPS) is 11.8. The van der Waals surface area contributed by atoms with Crippen LogP contribution in [0.25, 0.3) is 88.6 Å². The lowest BCUT2D eigenvalue weighted by molar-refractivity contribution is 0.630. The van der Waals surface area contributed by atoms with Crippen LogP contribution in [0.15, 0.2) is 166 Å². The van der Waals surface area contributed by atoms with E-state index in [1.807, 2.05) is 24.5 Å². The van der Waals surface area contributed by atoms with Crippen LogP contribution in [0.2, 0.25) is 0 Å². The summed E-state index contributed by atoms with van der Waals surface area (Å²) in [6.45, 7) is 0. The van der Waals surface area contributed by atoms with E-state index in [0.29, 0.717) is 0 Å². The smallest absolute Gasteiger partial charge is 0.138 e. The molecule has 10 aromatic rings. The van der Waals surface area contributed by atoms with E-state index in [2.05, 4.69) is 142 Å². The first kappa shape index (κ1) is 27.8. The third-order valence-corrected chi connectivity index (χ3v) is 10.5. The minimum absolute atomic E-state index is 0.793. The first-order valence-electron chi connectivity index (χ1n) is 16.3. The minimum atomic E-state index is 0.793. The zero-order chi connectivity index (χ0) is 32.3. The Morgan fingerprint density at radius 2 is 1.33 bits per heavy atom. The Morgan fingerprint density at radius 1 is 0.571 bits per heavy atom. The lowest BCUT2D eigenvalue weighted by atomic mass is 9.89. The second kappa shape index (κ2) is 11.2. The van der Waals surface area contributed by atoms with Gasteiger partial charge in [0.25, 0.3) is 0 Å². The molecule has 0 unspecified atom stereocenters. The summed E-state index contributed by atoms with van der Waals surface area (Å²) in [5.74, 6) is 1.60. The van der Waals surface area contributed by atoms with Crippen molar-refractivity contribution in [3.8, 4) is 45.2 Å². The predicted octanol–water partition coefficient (Wildman–Crippen LogP) is 12.1. The van der Waals surface area contributed by atoms with Crippen LogP contribution in [0.4, 0.5) is 0 Å². The number of hydrogen-bond acceptors (Lipinski definition) is 3.